The Morgan fingerprint density at radius 2 is 2.06 bits per heavy atom. The highest BCUT2D eigenvalue weighted by Crippen LogP contribution is 2.30. The molecule has 18 heavy (non-hydrogen) atoms. The second-order valence-corrected chi connectivity index (χ2v) is 5.40. The van der Waals surface area contributed by atoms with Gasteiger partial charge in [-0.1, -0.05) is 25.5 Å². The summed E-state index contributed by atoms with van der Waals surface area (Å²) < 4.78 is 13.6. The van der Waals surface area contributed by atoms with Crippen LogP contribution in [0, 0.1) is 18.7 Å². The van der Waals surface area contributed by atoms with Gasteiger partial charge in [0.25, 0.3) is 5.91 Å². The molecule has 98 valence electrons. The zero-order chi connectivity index (χ0) is 13.5. The van der Waals surface area contributed by atoms with Crippen molar-refractivity contribution in [3.63, 3.8) is 0 Å². The van der Waals surface area contributed by atoms with Crippen LogP contribution in [0.2, 0.25) is 0 Å². The minimum atomic E-state index is -0.823. The molecule has 0 spiro atoms. The van der Waals surface area contributed by atoms with Gasteiger partial charge in [0.15, 0.2) is 0 Å². The van der Waals surface area contributed by atoms with Crippen LogP contribution in [0.5, 0.6) is 0 Å². The molecule has 2 rings (SSSR count). The Morgan fingerprint density at radius 3 is 2.61 bits per heavy atom. The van der Waals surface area contributed by atoms with Crippen molar-refractivity contribution < 1.29 is 14.3 Å². The second kappa shape index (κ2) is 4.35. The van der Waals surface area contributed by atoms with Gasteiger partial charge in [-0.15, -0.1) is 0 Å². The van der Waals surface area contributed by atoms with E-state index in [2.05, 4.69) is 0 Å². The summed E-state index contributed by atoms with van der Waals surface area (Å²) in [5, 5.41) is 10.1. The zero-order valence-electron chi connectivity index (χ0n) is 10.9. The van der Waals surface area contributed by atoms with Gasteiger partial charge in [-0.2, -0.15) is 0 Å². The number of rotatable bonds is 2. The topological polar surface area (TPSA) is 40.5 Å². The van der Waals surface area contributed by atoms with E-state index in [4.69, 9.17) is 0 Å². The minimum Gasteiger partial charge on any atom is -0.386 e. The van der Waals surface area contributed by atoms with E-state index in [0.717, 1.165) is 5.56 Å². The van der Waals surface area contributed by atoms with Gasteiger partial charge in [0, 0.05) is 0 Å². The quantitative estimate of drug-likeness (QED) is 0.873. The van der Waals surface area contributed by atoms with E-state index in [1.807, 2.05) is 20.8 Å². The van der Waals surface area contributed by atoms with Gasteiger partial charge in [-0.3, -0.25) is 4.79 Å². The smallest absolute Gasteiger partial charge is 0.257 e. The highest BCUT2D eigenvalue weighted by atomic mass is 19.1. The van der Waals surface area contributed by atoms with Crippen molar-refractivity contribution in [1.82, 2.24) is 4.90 Å². The molecule has 1 heterocycles. The Balaban J connectivity index is 2.13. The highest BCUT2D eigenvalue weighted by molar-refractivity contribution is 5.95. The third-order valence-corrected chi connectivity index (χ3v) is 3.64. The number of carbonyl (C=O) groups is 1. The Bertz CT molecular complexity index is 479. The van der Waals surface area contributed by atoms with Crippen molar-refractivity contribution in [2.45, 2.75) is 26.4 Å². The average Bonchev–Trinajstić information content (AvgIpc) is 2.27. The third kappa shape index (κ3) is 2.12. The number of hydrogen-bond donors (Lipinski definition) is 1. The first-order valence-electron chi connectivity index (χ1n) is 6.11. The van der Waals surface area contributed by atoms with Gasteiger partial charge in [-0.25, -0.2) is 4.39 Å². The fourth-order valence-electron chi connectivity index (χ4n) is 2.10. The molecule has 0 saturated carbocycles. The van der Waals surface area contributed by atoms with Crippen molar-refractivity contribution in [1.29, 1.82) is 0 Å². The molecule has 1 aliphatic heterocycles. The monoisotopic (exact) mass is 251 g/mol. The van der Waals surface area contributed by atoms with Crippen LogP contribution in [0.3, 0.4) is 0 Å². The number of benzene rings is 1. The SMILES string of the molecule is Cc1ccc(F)c(C(=O)N2CC(O)(C(C)C)C2)c1. The first kappa shape index (κ1) is 13.0. The fourth-order valence-corrected chi connectivity index (χ4v) is 2.10. The van der Waals surface area contributed by atoms with Gasteiger partial charge in [0.2, 0.25) is 0 Å². The molecule has 0 atom stereocenters. The molecular weight excluding hydrogens is 233 g/mol. The van der Waals surface area contributed by atoms with Crippen molar-refractivity contribution >= 4 is 5.91 Å². The van der Waals surface area contributed by atoms with Crippen molar-refractivity contribution in [2.24, 2.45) is 5.92 Å². The average molecular weight is 251 g/mol. The summed E-state index contributed by atoms with van der Waals surface area (Å²) in [6, 6.07) is 4.48. The number of likely N-dealkylation sites (tertiary alicyclic amines) is 1. The number of nitrogens with zero attached hydrogens (tertiary/aromatic N) is 1. The maximum atomic E-state index is 13.6. The molecule has 0 radical (unpaired) electrons. The number of β-amino-alcohol motifs (C(OH)–C–C–N with tert-alkyl or cyclic N) is 1. The van der Waals surface area contributed by atoms with Crippen LogP contribution in [0.4, 0.5) is 4.39 Å². The molecule has 0 aliphatic carbocycles. The van der Waals surface area contributed by atoms with E-state index in [-0.39, 0.29) is 30.5 Å². The minimum absolute atomic E-state index is 0.0841. The van der Waals surface area contributed by atoms with Crippen LogP contribution in [0.15, 0.2) is 18.2 Å². The summed E-state index contributed by atoms with van der Waals surface area (Å²) in [6.07, 6.45) is 0. The van der Waals surface area contributed by atoms with Crippen molar-refractivity contribution in [2.75, 3.05) is 13.1 Å². The van der Waals surface area contributed by atoms with Crippen LogP contribution in [0.25, 0.3) is 0 Å². The second-order valence-electron chi connectivity index (χ2n) is 5.40. The maximum absolute atomic E-state index is 13.6. The summed E-state index contributed by atoms with van der Waals surface area (Å²) in [5.41, 5.74) is 0.107. The van der Waals surface area contributed by atoms with Gasteiger partial charge in [-0.05, 0) is 25.0 Å². The van der Waals surface area contributed by atoms with E-state index >= 15 is 0 Å². The number of aryl methyl sites for hydroxylation is 1. The first-order valence-corrected chi connectivity index (χ1v) is 6.11. The molecule has 3 nitrogen and oxygen atoms in total. The number of carbonyl (C=O) groups excluding carboxylic acids is 1. The van der Waals surface area contributed by atoms with E-state index < -0.39 is 11.4 Å². The van der Waals surface area contributed by atoms with Crippen molar-refractivity contribution in [3.05, 3.63) is 35.1 Å². The number of aliphatic hydroxyl groups is 1. The maximum Gasteiger partial charge on any atom is 0.257 e. The molecule has 1 aromatic carbocycles. The van der Waals surface area contributed by atoms with Gasteiger partial charge >= 0.3 is 0 Å². The van der Waals surface area contributed by atoms with E-state index in [1.165, 1.54) is 11.0 Å². The van der Waals surface area contributed by atoms with Gasteiger partial charge in [0.05, 0.1) is 18.7 Å². The highest BCUT2D eigenvalue weighted by Gasteiger charge is 2.46. The molecule has 1 aliphatic rings. The summed E-state index contributed by atoms with van der Waals surface area (Å²) in [7, 11) is 0. The van der Waals surface area contributed by atoms with Gasteiger partial charge < -0.3 is 10.0 Å². The molecule has 1 amide bonds. The predicted octanol–water partition coefficient (Wildman–Crippen LogP) is 1.98. The number of amides is 1. The number of hydrogen-bond acceptors (Lipinski definition) is 2. The third-order valence-electron chi connectivity index (χ3n) is 3.64. The lowest BCUT2D eigenvalue weighted by molar-refractivity contribution is -0.111. The lowest BCUT2D eigenvalue weighted by atomic mass is 9.82. The Morgan fingerprint density at radius 1 is 1.44 bits per heavy atom. The Labute approximate surface area is 106 Å². The number of halogens is 1. The summed E-state index contributed by atoms with van der Waals surface area (Å²) in [6.45, 7) is 6.19. The van der Waals surface area contributed by atoms with E-state index in [1.54, 1.807) is 12.1 Å². The van der Waals surface area contributed by atoms with E-state index in [9.17, 15) is 14.3 Å². The predicted molar refractivity (Wildman–Crippen MR) is 66.8 cm³/mol. The Hall–Kier alpha value is -1.42. The fraction of sp³-hybridized carbons (Fsp3) is 0.500. The molecule has 0 bridgehead atoms. The van der Waals surface area contributed by atoms with Crippen LogP contribution in [0.1, 0.15) is 29.8 Å². The van der Waals surface area contributed by atoms with Crippen LogP contribution in [-0.4, -0.2) is 34.6 Å². The molecule has 1 saturated heterocycles. The lowest BCUT2D eigenvalue weighted by Gasteiger charge is -2.49. The summed E-state index contributed by atoms with van der Waals surface area (Å²) in [4.78, 5) is 13.6. The standard InChI is InChI=1S/C14H18FNO2/c1-9(2)14(18)7-16(8-14)13(17)11-6-10(3)4-5-12(11)15/h4-6,9,18H,7-8H2,1-3H3. The normalized spacial score (nSPS) is 17.8. The van der Waals surface area contributed by atoms with Crippen LogP contribution < -0.4 is 0 Å². The van der Waals surface area contributed by atoms with Crippen molar-refractivity contribution in [3.8, 4) is 0 Å². The van der Waals surface area contributed by atoms with E-state index in [0.29, 0.717) is 0 Å². The Kier molecular flexibility index (Phi) is 3.15. The van der Waals surface area contributed by atoms with Crippen LogP contribution in [-0.2, 0) is 0 Å². The summed E-state index contributed by atoms with van der Waals surface area (Å²) in [5.74, 6) is -0.768. The zero-order valence-corrected chi connectivity index (χ0v) is 10.9. The molecular formula is C14H18FNO2. The molecule has 1 aromatic rings. The summed E-state index contributed by atoms with van der Waals surface area (Å²) >= 11 is 0. The van der Waals surface area contributed by atoms with Crippen LogP contribution >= 0.6 is 0 Å². The molecule has 1 N–H and O–H groups in total. The lowest BCUT2D eigenvalue weighted by Crippen LogP contribution is -2.66. The first-order chi connectivity index (χ1) is 8.33. The molecule has 0 aromatic heterocycles. The molecule has 4 heteroatoms. The molecule has 1 fully saturated rings. The largest absolute Gasteiger partial charge is 0.386 e. The molecule has 0 unspecified atom stereocenters. The van der Waals surface area contributed by atoms with Gasteiger partial charge in [0.1, 0.15) is 11.4 Å².